The number of carboxylic acid groups (broad SMARTS) is 1. The van der Waals surface area contributed by atoms with Crippen LogP contribution < -0.4 is 0 Å². The highest BCUT2D eigenvalue weighted by Crippen LogP contribution is 1.87. The van der Waals surface area contributed by atoms with Gasteiger partial charge in [0.15, 0.2) is 6.10 Å². The van der Waals surface area contributed by atoms with Gasteiger partial charge in [-0.3, -0.25) is 0 Å². The van der Waals surface area contributed by atoms with Crippen molar-refractivity contribution in [3.8, 4) is 6.07 Å². The first kappa shape index (κ1) is 7.92. The summed E-state index contributed by atoms with van der Waals surface area (Å²) in [4.78, 5) is 9.97. The molecule has 4 nitrogen and oxygen atoms in total. The van der Waals surface area contributed by atoms with Crippen LogP contribution in [0.3, 0.4) is 0 Å². The Morgan fingerprint density at radius 2 is 2.56 bits per heavy atom. The van der Waals surface area contributed by atoms with E-state index in [1.54, 1.807) is 6.07 Å². The fraction of sp³-hybridized carbons (Fsp3) is 0.600. The maximum absolute atomic E-state index is 9.97. The molecule has 0 aromatic rings. The third-order valence-electron chi connectivity index (χ3n) is 0.746. The van der Waals surface area contributed by atoms with E-state index >= 15 is 0 Å². The summed E-state index contributed by atoms with van der Waals surface area (Å²) in [5.41, 5.74) is 0. The van der Waals surface area contributed by atoms with Crippen LogP contribution in [0.1, 0.15) is 6.92 Å². The maximum atomic E-state index is 9.97. The third kappa shape index (κ3) is 3.50. The summed E-state index contributed by atoms with van der Waals surface area (Å²) in [6.07, 6.45) is -0.885. The minimum absolute atomic E-state index is 0.173. The van der Waals surface area contributed by atoms with Crippen molar-refractivity contribution in [1.82, 2.24) is 0 Å². The molecular formula is C5H7NO3. The van der Waals surface area contributed by atoms with Gasteiger partial charge in [0.25, 0.3) is 0 Å². The van der Waals surface area contributed by atoms with Crippen LogP contribution in [0.15, 0.2) is 0 Å². The van der Waals surface area contributed by atoms with Gasteiger partial charge >= 0.3 is 5.97 Å². The molecule has 0 aliphatic heterocycles. The molecule has 9 heavy (non-hydrogen) atoms. The monoisotopic (exact) mass is 129 g/mol. The van der Waals surface area contributed by atoms with E-state index in [1.165, 1.54) is 6.92 Å². The van der Waals surface area contributed by atoms with Crippen molar-refractivity contribution in [3.63, 3.8) is 0 Å². The largest absolute Gasteiger partial charge is 0.479 e. The Labute approximate surface area is 52.7 Å². The number of carbonyl (C=O) groups is 1. The summed E-state index contributed by atoms with van der Waals surface area (Å²) in [6, 6.07) is 1.67. The normalized spacial score (nSPS) is 12.0. The molecule has 0 heterocycles. The molecule has 0 bridgehead atoms. The van der Waals surface area contributed by atoms with Crippen molar-refractivity contribution >= 4 is 5.97 Å². The Balaban J connectivity index is 3.41. The molecule has 0 aliphatic carbocycles. The fourth-order valence-electron chi connectivity index (χ4n) is 0.234. The Morgan fingerprint density at radius 1 is 2.00 bits per heavy atom. The van der Waals surface area contributed by atoms with Gasteiger partial charge in [0.2, 0.25) is 0 Å². The van der Waals surface area contributed by atoms with Gasteiger partial charge in [-0.2, -0.15) is 5.26 Å². The van der Waals surface area contributed by atoms with Gasteiger partial charge in [-0.15, -0.1) is 0 Å². The molecule has 0 radical (unpaired) electrons. The summed E-state index contributed by atoms with van der Waals surface area (Å²) >= 11 is 0. The van der Waals surface area contributed by atoms with E-state index in [2.05, 4.69) is 4.74 Å². The quantitative estimate of drug-likeness (QED) is 0.582. The van der Waals surface area contributed by atoms with Gasteiger partial charge in [-0.05, 0) is 6.92 Å². The first-order valence-corrected chi connectivity index (χ1v) is 2.40. The SMILES string of the molecule is CC(OCC#N)C(=O)O. The van der Waals surface area contributed by atoms with Gasteiger partial charge in [0, 0.05) is 0 Å². The Morgan fingerprint density at radius 3 is 2.89 bits per heavy atom. The number of carboxylic acids is 1. The lowest BCUT2D eigenvalue weighted by Crippen LogP contribution is -2.19. The van der Waals surface area contributed by atoms with E-state index in [9.17, 15) is 4.79 Å². The second-order valence-electron chi connectivity index (χ2n) is 1.45. The Kier molecular flexibility index (Phi) is 3.40. The summed E-state index contributed by atoms with van der Waals surface area (Å²) in [6.45, 7) is 1.20. The molecule has 0 aliphatic rings. The molecule has 1 atom stereocenters. The van der Waals surface area contributed by atoms with Crippen molar-refractivity contribution < 1.29 is 14.6 Å². The number of ether oxygens (including phenoxy) is 1. The van der Waals surface area contributed by atoms with Gasteiger partial charge in [0.1, 0.15) is 6.61 Å². The van der Waals surface area contributed by atoms with Crippen LogP contribution in [0, 0.1) is 11.3 Å². The van der Waals surface area contributed by atoms with Crippen molar-refractivity contribution in [2.24, 2.45) is 0 Å². The highest BCUT2D eigenvalue weighted by atomic mass is 16.5. The highest BCUT2D eigenvalue weighted by Gasteiger charge is 2.09. The van der Waals surface area contributed by atoms with Crippen molar-refractivity contribution in [2.45, 2.75) is 13.0 Å². The number of nitriles is 1. The van der Waals surface area contributed by atoms with Crippen LogP contribution in [-0.4, -0.2) is 23.8 Å². The number of aliphatic carboxylic acids is 1. The fourth-order valence-corrected chi connectivity index (χ4v) is 0.234. The molecule has 0 aromatic carbocycles. The van der Waals surface area contributed by atoms with Gasteiger partial charge in [0.05, 0.1) is 6.07 Å². The molecule has 0 rings (SSSR count). The van der Waals surface area contributed by atoms with Crippen LogP contribution >= 0.6 is 0 Å². The molecule has 50 valence electrons. The summed E-state index contributed by atoms with van der Waals surface area (Å²) in [7, 11) is 0. The summed E-state index contributed by atoms with van der Waals surface area (Å²) in [5.74, 6) is -1.05. The molecule has 4 heteroatoms. The van der Waals surface area contributed by atoms with Crippen LogP contribution in [0.2, 0.25) is 0 Å². The smallest absolute Gasteiger partial charge is 0.332 e. The van der Waals surface area contributed by atoms with E-state index in [1.807, 2.05) is 0 Å². The minimum Gasteiger partial charge on any atom is -0.479 e. The van der Waals surface area contributed by atoms with Crippen LogP contribution in [-0.2, 0) is 9.53 Å². The van der Waals surface area contributed by atoms with E-state index in [0.29, 0.717) is 0 Å². The van der Waals surface area contributed by atoms with E-state index in [0.717, 1.165) is 0 Å². The molecule has 0 amide bonds. The Hall–Kier alpha value is -1.08. The van der Waals surface area contributed by atoms with Gasteiger partial charge < -0.3 is 9.84 Å². The zero-order valence-electron chi connectivity index (χ0n) is 5.00. The number of rotatable bonds is 3. The first-order chi connectivity index (χ1) is 4.18. The lowest BCUT2D eigenvalue weighted by atomic mass is 10.4. The zero-order valence-corrected chi connectivity index (χ0v) is 5.00. The van der Waals surface area contributed by atoms with E-state index in [-0.39, 0.29) is 6.61 Å². The minimum atomic E-state index is -1.05. The average Bonchev–Trinajstić information content (AvgIpc) is 1.82. The molecular weight excluding hydrogens is 122 g/mol. The predicted octanol–water partition coefficient (Wildman–Crippen LogP) is -0.000320. The molecule has 0 saturated carbocycles. The maximum Gasteiger partial charge on any atom is 0.332 e. The standard InChI is InChI=1S/C5H7NO3/c1-4(5(7)8)9-3-2-6/h4H,3H2,1H3,(H,7,8). The zero-order chi connectivity index (χ0) is 7.28. The number of nitrogens with zero attached hydrogens (tertiary/aromatic N) is 1. The van der Waals surface area contributed by atoms with Gasteiger partial charge in [-0.25, -0.2) is 4.79 Å². The van der Waals surface area contributed by atoms with Crippen LogP contribution in [0.4, 0.5) is 0 Å². The third-order valence-corrected chi connectivity index (χ3v) is 0.746. The second-order valence-corrected chi connectivity index (χ2v) is 1.45. The second kappa shape index (κ2) is 3.87. The molecule has 0 aromatic heterocycles. The topological polar surface area (TPSA) is 70.3 Å². The lowest BCUT2D eigenvalue weighted by Gasteiger charge is -2.01. The van der Waals surface area contributed by atoms with Crippen molar-refractivity contribution in [1.29, 1.82) is 5.26 Å². The highest BCUT2D eigenvalue weighted by molar-refractivity contribution is 5.71. The van der Waals surface area contributed by atoms with Crippen LogP contribution in [0.5, 0.6) is 0 Å². The average molecular weight is 129 g/mol. The van der Waals surface area contributed by atoms with Gasteiger partial charge in [-0.1, -0.05) is 0 Å². The predicted molar refractivity (Wildman–Crippen MR) is 28.7 cm³/mol. The van der Waals surface area contributed by atoms with E-state index < -0.39 is 12.1 Å². The Bertz CT molecular complexity index is 138. The molecule has 0 fully saturated rings. The first-order valence-electron chi connectivity index (χ1n) is 2.40. The molecule has 1 unspecified atom stereocenters. The summed E-state index contributed by atoms with van der Waals surface area (Å²) in [5, 5.41) is 16.1. The number of hydrogen-bond acceptors (Lipinski definition) is 3. The molecule has 1 N–H and O–H groups in total. The molecule has 0 spiro atoms. The number of hydrogen-bond donors (Lipinski definition) is 1. The van der Waals surface area contributed by atoms with Crippen molar-refractivity contribution in [3.05, 3.63) is 0 Å². The molecule has 0 saturated heterocycles. The van der Waals surface area contributed by atoms with E-state index in [4.69, 9.17) is 10.4 Å². The van der Waals surface area contributed by atoms with Crippen LogP contribution in [0.25, 0.3) is 0 Å². The lowest BCUT2D eigenvalue weighted by molar-refractivity contribution is -0.148. The van der Waals surface area contributed by atoms with Crippen molar-refractivity contribution in [2.75, 3.05) is 6.61 Å². The summed E-state index contributed by atoms with van der Waals surface area (Å²) < 4.78 is 4.49.